The maximum atomic E-state index is 11.4. The van der Waals surface area contributed by atoms with Gasteiger partial charge >= 0.3 is 0 Å². The first-order valence-electron chi connectivity index (χ1n) is 5.66. The number of ketones is 1. The SMILES string of the molecule is CCC(=O)CC[C@@H](NC(=O)C1CC1)C(N)=O. The molecule has 1 atom stereocenters. The topological polar surface area (TPSA) is 89.3 Å². The molecule has 90 valence electrons. The quantitative estimate of drug-likeness (QED) is 0.646. The third-order valence-electron chi connectivity index (χ3n) is 2.71. The maximum Gasteiger partial charge on any atom is 0.240 e. The smallest absolute Gasteiger partial charge is 0.240 e. The number of carbonyl (C=O) groups excluding carboxylic acids is 3. The van der Waals surface area contributed by atoms with E-state index < -0.39 is 11.9 Å². The van der Waals surface area contributed by atoms with E-state index in [2.05, 4.69) is 5.32 Å². The second-order valence-corrected chi connectivity index (χ2v) is 4.17. The molecule has 5 heteroatoms. The van der Waals surface area contributed by atoms with E-state index in [1.807, 2.05) is 0 Å². The van der Waals surface area contributed by atoms with Crippen LogP contribution in [-0.4, -0.2) is 23.6 Å². The number of rotatable bonds is 7. The molecule has 3 N–H and O–H groups in total. The molecule has 0 aromatic rings. The van der Waals surface area contributed by atoms with Crippen LogP contribution in [0.25, 0.3) is 0 Å². The van der Waals surface area contributed by atoms with E-state index in [1.165, 1.54) is 0 Å². The molecule has 0 bridgehead atoms. The molecule has 0 unspecified atom stereocenters. The first-order valence-corrected chi connectivity index (χ1v) is 5.66. The van der Waals surface area contributed by atoms with Crippen molar-refractivity contribution in [2.75, 3.05) is 0 Å². The van der Waals surface area contributed by atoms with Crippen molar-refractivity contribution in [3.63, 3.8) is 0 Å². The minimum absolute atomic E-state index is 0.0451. The van der Waals surface area contributed by atoms with E-state index in [-0.39, 0.29) is 24.0 Å². The van der Waals surface area contributed by atoms with Crippen LogP contribution in [0.4, 0.5) is 0 Å². The molecule has 0 aromatic heterocycles. The van der Waals surface area contributed by atoms with Crippen molar-refractivity contribution in [2.45, 2.75) is 45.1 Å². The van der Waals surface area contributed by atoms with Crippen molar-refractivity contribution in [3.8, 4) is 0 Å². The summed E-state index contributed by atoms with van der Waals surface area (Å²) < 4.78 is 0. The van der Waals surface area contributed by atoms with Gasteiger partial charge in [0.15, 0.2) is 0 Å². The molecule has 0 aromatic carbocycles. The maximum absolute atomic E-state index is 11.4. The van der Waals surface area contributed by atoms with Crippen LogP contribution in [0.15, 0.2) is 0 Å². The van der Waals surface area contributed by atoms with E-state index in [0.29, 0.717) is 12.8 Å². The van der Waals surface area contributed by atoms with Gasteiger partial charge in [-0.05, 0) is 19.3 Å². The Hall–Kier alpha value is -1.39. The van der Waals surface area contributed by atoms with Gasteiger partial charge in [-0.15, -0.1) is 0 Å². The van der Waals surface area contributed by atoms with Crippen LogP contribution in [0.1, 0.15) is 39.0 Å². The van der Waals surface area contributed by atoms with E-state index in [9.17, 15) is 14.4 Å². The Labute approximate surface area is 94.8 Å². The van der Waals surface area contributed by atoms with Crippen LogP contribution < -0.4 is 11.1 Å². The van der Waals surface area contributed by atoms with Crippen LogP contribution in [0.5, 0.6) is 0 Å². The average molecular weight is 226 g/mol. The normalized spacial score (nSPS) is 16.6. The summed E-state index contributed by atoms with van der Waals surface area (Å²) >= 11 is 0. The first-order chi connectivity index (χ1) is 7.54. The Bertz CT molecular complexity index is 298. The van der Waals surface area contributed by atoms with Gasteiger partial charge in [0.25, 0.3) is 0 Å². The zero-order valence-corrected chi connectivity index (χ0v) is 9.49. The third kappa shape index (κ3) is 4.00. The molecular formula is C11H18N2O3. The summed E-state index contributed by atoms with van der Waals surface area (Å²) in [7, 11) is 0. The van der Waals surface area contributed by atoms with Gasteiger partial charge in [-0.2, -0.15) is 0 Å². The van der Waals surface area contributed by atoms with Gasteiger partial charge in [0, 0.05) is 18.8 Å². The lowest BCUT2D eigenvalue weighted by molar-refractivity contribution is -0.128. The van der Waals surface area contributed by atoms with Crippen molar-refractivity contribution in [1.29, 1.82) is 0 Å². The molecule has 1 aliphatic rings. The summed E-state index contributed by atoms with van der Waals surface area (Å²) in [6.45, 7) is 1.77. The van der Waals surface area contributed by atoms with Gasteiger partial charge in [0.2, 0.25) is 11.8 Å². The Kier molecular flexibility index (Phi) is 4.46. The molecule has 2 amide bonds. The number of Topliss-reactive ketones (excluding diaryl/α,β-unsaturated/α-hetero) is 1. The van der Waals surface area contributed by atoms with Gasteiger partial charge in [-0.25, -0.2) is 0 Å². The number of primary amides is 1. The third-order valence-corrected chi connectivity index (χ3v) is 2.71. The van der Waals surface area contributed by atoms with Crippen LogP contribution in [0.3, 0.4) is 0 Å². The highest BCUT2D eigenvalue weighted by molar-refractivity contribution is 5.89. The number of carbonyl (C=O) groups is 3. The largest absolute Gasteiger partial charge is 0.368 e. The summed E-state index contributed by atoms with van der Waals surface area (Å²) in [5.74, 6) is -0.568. The number of nitrogens with two attached hydrogens (primary N) is 1. The van der Waals surface area contributed by atoms with Crippen molar-refractivity contribution in [2.24, 2.45) is 11.7 Å². The number of hydrogen-bond acceptors (Lipinski definition) is 3. The average Bonchev–Trinajstić information content (AvgIpc) is 3.06. The Morgan fingerprint density at radius 1 is 1.38 bits per heavy atom. The molecule has 0 saturated heterocycles. The van der Waals surface area contributed by atoms with E-state index in [4.69, 9.17) is 5.73 Å². The molecule has 0 radical (unpaired) electrons. The summed E-state index contributed by atoms with van der Waals surface area (Å²) in [4.78, 5) is 33.6. The van der Waals surface area contributed by atoms with Gasteiger partial charge < -0.3 is 11.1 Å². The van der Waals surface area contributed by atoms with E-state index in [0.717, 1.165) is 12.8 Å². The summed E-state index contributed by atoms with van der Waals surface area (Å²) in [6.07, 6.45) is 2.80. The molecule has 16 heavy (non-hydrogen) atoms. The zero-order valence-electron chi connectivity index (χ0n) is 9.49. The molecule has 1 saturated carbocycles. The van der Waals surface area contributed by atoms with E-state index >= 15 is 0 Å². The molecule has 0 spiro atoms. The lowest BCUT2D eigenvalue weighted by Gasteiger charge is -2.14. The van der Waals surface area contributed by atoms with Gasteiger partial charge in [0.05, 0.1) is 0 Å². The predicted molar refractivity (Wildman–Crippen MR) is 58.4 cm³/mol. The standard InChI is InChI=1S/C11H18N2O3/c1-2-8(14)5-6-9(10(12)15)13-11(16)7-3-4-7/h7,9H,2-6H2,1H3,(H2,12,15)(H,13,16)/t9-/m1/s1. The number of nitrogens with one attached hydrogen (secondary N) is 1. The van der Waals surface area contributed by atoms with Crippen LogP contribution in [0.2, 0.25) is 0 Å². The van der Waals surface area contributed by atoms with Crippen molar-refractivity contribution >= 4 is 17.6 Å². The summed E-state index contributed by atoms with van der Waals surface area (Å²) in [5, 5.41) is 2.59. The molecule has 1 fully saturated rings. The van der Waals surface area contributed by atoms with Crippen LogP contribution in [0, 0.1) is 5.92 Å². The molecule has 5 nitrogen and oxygen atoms in total. The lowest BCUT2D eigenvalue weighted by Crippen LogP contribution is -2.45. The second-order valence-electron chi connectivity index (χ2n) is 4.17. The fraction of sp³-hybridized carbons (Fsp3) is 0.727. The highest BCUT2D eigenvalue weighted by Gasteiger charge is 2.32. The van der Waals surface area contributed by atoms with Crippen LogP contribution in [-0.2, 0) is 14.4 Å². The zero-order chi connectivity index (χ0) is 12.1. The van der Waals surface area contributed by atoms with Gasteiger partial charge in [-0.1, -0.05) is 6.92 Å². The highest BCUT2D eigenvalue weighted by atomic mass is 16.2. The molecule has 1 aliphatic carbocycles. The summed E-state index contributed by atoms with van der Waals surface area (Å²) in [6, 6.07) is -0.705. The molecule has 0 aliphatic heterocycles. The number of amides is 2. The van der Waals surface area contributed by atoms with Crippen molar-refractivity contribution in [1.82, 2.24) is 5.32 Å². The monoisotopic (exact) mass is 226 g/mol. The summed E-state index contributed by atoms with van der Waals surface area (Å²) in [5.41, 5.74) is 5.17. The Balaban J connectivity index is 2.37. The van der Waals surface area contributed by atoms with Crippen molar-refractivity contribution in [3.05, 3.63) is 0 Å². The fourth-order valence-electron chi connectivity index (χ4n) is 1.40. The van der Waals surface area contributed by atoms with Crippen LogP contribution >= 0.6 is 0 Å². The minimum Gasteiger partial charge on any atom is -0.368 e. The fourth-order valence-corrected chi connectivity index (χ4v) is 1.40. The highest BCUT2D eigenvalue weighted by Crippen LogP contribution is 2.28. The molecular weight excluding hydrogens is 208 g/mol. The Morgan fingerprint density at radius 3 is 2.44 bits per heavy atom. The van der Waals surface area contributed by atoms with E-state index in [1.54, 1.807) is 6.92 Å². The van der Waals surface area contributed by atoms with Gasteiger partial charge in [-0.3, -0.25) is 14.4 Å². The number of hydrogen-bond donors (Lipinski definition) is 2. The second kappa shape index (κ2) is 5.63. The van der Waals surface area contributed by atoms with Gasteiger partial charge in [0.1, 0.15) is 11.8 Å². The van der Waals surface area contributed by atoms with Crippen molar-refractivity contribution < 1.29 is 14.4 Å². The lowest BCUT2D eigenvalue weighted by atomic mass is 10.1. The first kappa shape index (κ1) is 12.7. The molecule has 0 heterocycles. The minimum atomic E-state index is -0.705. The predicted octanol–water partition coefficient (Wildman–Crippen LogP) is 0.126. The molecule has 1 rings (SSSR count). The Morgan fingerprint density at radius 2 is 2.00 bits per heavy atom.